The largest absolute Gasteiger partial charge is 0.380 e. The van der Waals surface area contributed by atoms with Crippen LogP contribution in [0.4, 0.5) is 4.39 Å². The molecule has 0 bridgehead atoms. The third-order valence-corrected chi connectivity index (χ3v) is 3.17. The minimum absolute atomic E-state index is 0. The maximum atomic E-state index is 13.6. The second-order valence-corrected chi connectivity index (χ2v) is 5.01. The van der Waals surface area contributed by atoms with Crippen molar-refractivity contribution >= 4 is 29.9 Å². The Balaban J connectivity index is 0.00000441. The summed E-state index contributed by atoms with van der Waals surface area (Å²) >= 11 is 0. The molecule has 22 heavy (non-hydrogen) atoms. The SMILES string of the molecule is CCNC(=NCc1ccc(F)c(COC)c1)NC(C)CC.I. The van der Waals surface area contributed by atoms with Gasteiger partial charge in [0, 0.05) is 25.3 Å². The van der Waals surface area contributed by atoms with E-state index in [1.165, 1.54) is 6.07 Å². The van der Waals surface area contributed by atoms with E-state index in [0.717, 1.165) is 24.5 Å². The van der Waals surface area contributed by atoms with Crippen LogP contribution in [0.3, 0.4) is 0 Å². The van der Waals surface area contributed by atoms with Crippen LogP contribution >= 0.6 is 24.0 Å². The van der Waals surface area contributed by atoms with E-state index in [1.807, 2.05) is 6.92 Å². The molecule has 0 aromatic heterocycles. The molecule has 1 aromatic carbocycles. The third-order valence-electron chi connectivity index (χ3n) is 3.17. The minimum Gasteiger partial charge on any atom is -0.380 e. The summed E-state index contributed by atoms with van der Waals surface area (Å²) in [5.74, 6) is 0.540. The highest BCUT2D eigenvalue weighted by atomic mass is 127. The number of ether oxygens (including phenoxy) is 1. The summed E-state index contributed by atoms with van der Waals surface area (Å²) in [6, 6.07) is 5.38. The predicted octanol–water partition coefficient (Wildman–Crippen LogP) is 3.44. The predicted molar refractivity (Wildman–Crippen MR) is 100 cm³/mol. The minimum atomic E-state index is -0.241. The Labute approximate surface area is 149 Å². The fraction of sp³-hybridized carbons (Fsp3) is 0.562. The first-order chi connectivity index (χ1) is 10.1. The van der Waals surface area contributed by atoms with Crippen molar-refractivity contribution in [2.24, 2.45) is 4.99 Å². The topological polar surface area (TPSA) is 45.7 Å². The Morgan fingerprint density at radius 1 is 1.36 bits per heavy atom. The average Bonchev–Trinajstić information content (AvgIpc) is 2.48. The molecule has 1 aromatic rings. The lowest BCUT2D eigenvalue weighted by molar-refractivity contribution is 0.181. The van der Waals surface area contributed by atoms with Gasteiger partial charge in [-0.2, -0.15) is 0 Å². The van der Waals surface area contributed by atoms with Crippen LogP contribution in [-0.4, -0.2) is 25.7 Å². The fourth-order valence-corrected chi connectivity index (χ4v) is 1.82. The Kier molecular flexibility index (Phi) is 11.2. The molecule has 0 aliphatic heterocycles. The van der Waals surface area contributed by atoms with Gasteiger partial charge in [0.1, 0.15) is 5.82 Å². The summed E-state index contributed by atoms with van der Waals surface area (Å²) < 4.78 is 18.5. The van der Waals surface area contributed by atoms with Gasteiger partial charge in [0.25, 0.3) is 0 Å². The monoisotopic (exact) mass is 423 g/mol. The van der Waals surface area contributed by atoms with Crippen molar-refractivity contribution in [3.05, 3.63) is 35.1 Å². The van der Waals surface area contributed by atoms with Gasteiger partial charge in [0.05, 0.1) is 13.2 Å². The number of nitrogens with one attached hydrogen (secondary N) is 2. The Morgan fingerprint density at radius 3 is 2.68 bits per heavy atom. The molecule has 1 unspecified atom stereocenters. The zero-order chi connectivity index (χ0) is 15.7. The molecule has 4 nitrogen and oxygen atoms in total. The van der Waals surface area contributed by atoms with Crippen molar-refractivity contribution in [3.8, 4) is 0 Å². The maximum absolute atomic E-state index is 13.6. The Morgan fingerprint density at radius 2 is 2.09 bits per heavy atom. The van der Waals surface area contributed by atoms with Gasteiger partial charge in [0.2, 0.25) is 0 Å². The van der Waals surface area contributed by atoms with Crippen LogP contribution in [0.2, 0.25) is 0 Å². The molecule has 126 valence electrons. The van der Waals surface area contributed by atoms with Crippen LogP contribution in [0.5, 0.6) is 0 Å². The first-order valence-electron chi connectivity index (χ1n) is 7.41. The van der Waals surface area contributed by atoms with E-state index >= 15 is 0 Å². The van der Waals surface area contributed by atoms with E-state index in [2.05, 4.69) is 29.5 Å². The molecule has 6 heteroatoms. The highest BCUT2D eigenvalue weighted by molar-refractivity contribution is 14.0. The van der Waals surface area contributed by atoms with Gasteiger partial charge < -0.3 is 15.4 Å². The quantitative estimate of drug-likeness (QED) is 0.401. The molecule has 0 fully saturated rings. The van der Waals surface area contributed by atoms with Crippen LogP contribution in [0.25, 0.3) is 0 Å². The first-order valence-corrected chi connectivity index (χ1v) is 7.41. The second kappa shape index (κ2) is 11.6. The van der Waals surface area contributed by atoms with Gasteiger partial charge in [-0.3, -0.25) is 0 Å². The van der Waals surface area contributed by atoms with E-state index in [4.69, 9.17) is 4.74 Å². The number of aliphatic imine (C=N–C) groups is 1. The van der Waals surface area contributed by atoms with Crippen molar-refractivity contribution in [2.75, 3.05) is 13.7 Å². The van der Waals surface area contributed by atoms with E-state index in [9.17, 15) is 4.39 Å². The molecule has 0 aliphatic carbocycles. The summed E-state index contributed by atoms with van der Waals surface area (Å²) in [6.45, 7) is 7.85. The first kappa shape index (κ1) is 21.1. The van der Waals surface area contributed by atoms with Gasteiger partial charge in [-0.15, -0.1) is 24.0 Å². The number of hydrogen-bond acceptors (Lipinski definition) is 2. The van der Waals surface area contributed by atoms with Gasteiger partial charge in [-0.05, 0) is 38.0 Å². The van der Waals surface area contributed by atoms with Gasteiger partial charge in [-0.1, -0.05) is 13.0 Å². The van der Waals surface area contributed by atoms with E-state index in [1.54, 1.807) is 19.2 Å². The highest BCUT2D eigenvalue weighted by Crippen LogP contribution is 2.12. The Bertz CT molecular complexity index is 469. The second-order valence-electron chi connectivity index (χ2n) is 5.01. The summed E-state index contributed by atoms with van der Waals surface area (Å²) in [5.41, 5.74) is 1.52. The summed E-state index contributed by atoms with van der Waals surface area (Å²) in [5, 5.41) is 6.54. The van der Waals surface area contributed by atoms with Crippen LogP contribution in [0.1, 0.15) is 38.3 Å². The number of nitrogens with zero attached hydrogens (tertiary/aromatic N) is 1. The number of halogens is 2. The van der Waals surface area contributed by atoms with Crippen LogP contribution < -0.4 is 10.6 Å². The number of benzene rings is 1. The number of guanidine groups is 1. The number of rotatable bonds is 7. The van der Waals surface area contributed by atoms with E-state index in [-0.39, 0.29) is 36.4 Å². The molecule has 1 rings (SSSR count). The van der Waals surface area contributed by atoms with Crippen LogP contribution in [0, 0.1) is 5.82 Å². The molecular weight excluding hydrogens is 396 g/mol. The standard InChI is InChI=1S/C16H26FN3O.HI/c1-5-12(3)20-16(18-6-2)19-10-13-7-8-15(17)14(9-13)11-21-4;/h7-9,12H,5-6,10-11H2,1-4H3,(H2,18,19,20);1H. The smallest absolute Gasteiger partial charge is 0.191 e. The van der Waals surface area contributed by atoms with Crippen molar-refractivity contribution in [1.29, 1.82) is 0 Å². The number of hydrogen-bond donors (Lipinski definition) is 2. The van der Waals surface area contributed by atoms with Crippen LogP contribution in [-0.2, 0) is 17.9 Å². The summed E-state index contributed by atoms with van der Waals surface area (Å²) in [4.78, 5) is 4.53. The third kappa shape index (κ3) is 7.40. The molecule has 0 saturated carbocycles. The molecule has 0 heterocycles. The average molecular weight is 423 g/mol. The molecular formula is C16H27FIN3O. The summed E-state index contributed by atoms with van der Waals surface area (Å²) in [7, 11) is 1.56. The lowest BCUT2D eigenvalue weighted by Gasteiger charge is -2.16. The molecule has 0 aliphatic rings. The zero-order valence-electron chi connectivity index (χ0n) is 13.8. The van der Waals surface area contributed by atoms with E-state index in [0.29, 0.717) is 18.2 Å². The highest BCUT2D eigenvalue weighted by Gasteiger charge is 2.05. The van der Waals surface area contributed by atoms with Crippen molar-refractivity contribution in [3.63, 3.8) is 0 Å². The van der Waals surface area contributed by atoms with Gasteiger partial charge in [-0.25, -0.2) is 9.38 Å². The van der Waals surface area contributed by atoms with E-state index < -0.39 is 0 Å². The Hall–Kier alpha value is -0.890. The molecule has 0 saturated heterocycles. The lowest BCUT2D eigenvalue weighted by atomic mass is 10.1. The molecule has 0 radical (unpaired) electrons. The fourth-order valence-electron chi connectivity index (χ4n) is 1.82. The van der Waals surface area contributed by atoms with Crippen LogP contribution in [0.15, 0.2) is 23.2 Å². The van der Waals surface area contributed by atoms with Gasteiger partial charge in [0.15, 0.2) is 5.96 Å². The molecule has 2 N–H and O–H groups in total. The normalized spacial score (nSPS) is 12.5. The lowest BCUT2D eigenvalue weighted by Crippen LogP contribution is -2.41. The summed E-state index contributed by atoms with van der Waals surface area (Å²) in [6.07, 6.45) is 1.03. The maximum Gasteiger partial charge on any atom is 0.191 e. The van der Waals surface area contributed by atoms with Crippen molar-refractivity contribution in [1.82, 2.24) is 10.6 Å². The zero-order valence-corrected chi connectivity index (χ0v) is 16.1. The number of methoxy groups -OCH3 is 1. The molecule has 0 spiro atoms. The molecule has 0 amide bonds. The molecule has 1 atom stereocenters. The van der Waals surface area contributed by atoms with Gasteiger partial charge >= 0.3 is 0 Å². The van der Waals surface area contributed by atoms with Crippen molar-refractivity contribution in [2.45, 2.75) is 46.4 Å². The van der Waals surface area contributed by atoms with Crippen molar-refractivity contribution < 1.29 is 9.13 Å².